The number of anilines is 1. The number of amides is 1. The fourth-order valence-electron chi connectivity index (χ4n) is 5.27. The summed E-state index contributed by atoms with van der Waals surface area (Å²) in [5.74, 6) is -0.646. The zero-order valence-corrected chi connectivity index (χ0v) is 23.5. The van der Waals surface area contributed by atoms with Crippen molar-refractivity contribution in [2.45, 2.75) is 45.3 Å². The Hall–Kier alpha value is -4.71. The standard InChI is InChI=1S/C29H26ClFN8O3/c1-16-4-3-5-20(23-10-18(8-9-32-23)28-24(35-29(16)41)13-34-39(28)17(2)31)22-14-42-27(12-26(22)40)21-11-19(30)6-7-25(21)38-15-33-36-37-38/h6-17,20H,3-5H2,1-2H3,(H,35,41)/t16-,17?,20?/m1/s1. The van der Waals surface area contributed by atoms with Crippen molar-refractivity contribution in [2.24, 2.45) is 5.92 Å². The molecular weight excluding hydrogens is 563 g/mol. The third-order valence-corrected chi connectivity index (χ3v) is 7.67. The number of halogens is 2. The molecule has 0 saturated heterocycles. The fourth-order valence-corrected chi connectivity index (χ4v) is 5.44. The summed E-state index contributed by atoms with van der Waals surface area (Å²) in [5, 5.41) is 18.9. The maximum Gasteiger partial charge on any atom is 0.227 e. The quantitative estimate of drug-likeness (QED) is 0.288. The van der Waals surface area contributed by atoms with Gasteiger partial charge in [0.2, 0.25) is 5.91 Å². The van der Waals surface area contributed by atoms with Crippen molar-refractivity contribution in [1.82, 2.24) is 35.0 Å². The van der Waals surface area contributed by atoms with Gasteiger partial charge in [0.15, 0.2) is 11.7 Å². The van der Waals surface area contributed by atoms with Crippen LogP contribution in [0.5, 0.6) is 0 Å². The molecule has 1 aromatic carbocycles. The van der Waals surface area contributed by atoms with Gasteiger partial charge in [-0.15, -0.1) is 5.10 Å². The maximum atomic E-state index is 14.6. The maximum absolute atomic E-state index is 14.6. The Morgan fingerprint density at radius 2 is 2.02 bits per heavy atom. The lowest BCUT2D eigenvalue weighted by Crippen LogP contribution is -2.22. The number of rotatable bonds is 4. The third-order valence-electron chi connectivity index (χ3n) is 7.43. The van der Waals surface area contributed by atoms with Crippen molar-refractivity contribution >= 4 is 23.2 Å². The van der Waals surface area contributed by atoms with Crippen molar-refractivity contribution in [3.8, 4) is 28.3 Å². The van der Waals surface area contributed by atoms with Crippen LogP contribution in [0, 0.1) is 5.92 Å². The van der Waals surface area contributed by atoms with E-state index in [9.17, 15) is 14.0 Å². The minimum Gasteiger partial charge on any atom is -0.464 e. The molecule has 214 valence electrons. The molecule has 13 heteroatoms. The molecule has 11 nitrogen and oxygen atoms in total. The van der Waals surface area contributed by atoms with Gasteiger partial charge < -0.3 is 9.73 Å². The van der Waals surface area contributed by atoms with Gasteiger partial charge >= 0.3 is 0 Å². The first kappa shape index (κ1) is 27.5. The number of benzene rings is 1. The fraction of sp³-hybridized carbons (Fsp3) is 0.276. The normalized spacial score (nSPS) is 18.0. The summed E-state index contributed by atoms with van der Waals surface area (Å²) in [7, 11) is 0. The van der Waals surface area contributed by atoms with E-state index in [-0.39, 0.29) is 17.3 Å². The Balaban J connectivity index is 1.45. The molecule has 1 aliphatic heterocycles. The second-order valence-corrected chi connectivity index (χ2v) is 10.7. The van der Waals surface area contributed by atoms with Crippen molar-refractivity contribution in [3.05, 3.63) is 87.9 Å². The molecule has 0 aliphatic carbocycles. The van der Waals surface area contributed by atoms with Crippen LogP contribution in [0.4, 0.5) is 10.1 Å². The number of alkyl halides is 1. The molecular formula is C29H26ClFN8O3. The van der Waals surface area contributed by atoms with Crippen LogP contribution >= 0.6 is 11.6 Å². The number of aromatic nitrogens is 7. The summed E-state index contributed by atoms with van der Waals surface area (Å²) in [5.41, 5.74) is 3.35. The molecule has 4 aromatic heterocycles. The van der Waals surface area contributed by atoms with Crippen LogP contribution < -0.4 is 10.7 Å². The summed E-state index contributed by atoms with van der Waals surface area (Å²) in [6, 6.07) is 10.1. The van der Waals surface area contributed by atoms with Crippen LogP contribution in [0.2, 0.25) is 5.02 Å². The second kappa shape index (κ2) is 11.3. The Morgan fingerprint density at radius 1 is 1.17 bits per heavy atom. The van der Waals surface area contributed by atoms with E-state index >= 15 is 0 Å². The number of tetrazole rings is 1. The topological polar surface area (TPSA) is 134 Å². The van der Waals surface area contributed by atoms with Gasteiger partial charge in [-0.25, -0.2) is 9.07 Å². The molecule has 5 aromatic rings. The highest BCUT2D eigenvalue weighted by Crippen LogP contribution is 2.36. The number of hydrogen-bond acceptors (Lipinski definition) is 8. The molecule has 0 spiro atoms. The summed E-state index contributed by atoms with van der Waals surface area (Å²) in [6.07, 6.45) is 6.27. The van der Waals surface area contributed by atoms with E-state index in [0.29, 0.717) is 69.5 Å². The summed E-state index contributed by atoms with van der Waals surface area (Å²) in [6.45, 7) is 3.21. The molecule has 42 heavy (non-hydrogen) atoms. The lowest BCUT2D eigenvalue weighted by atomic mass is 9.88. The molecule has 0 radical (unpaired) electrons. The molecule has 3 atom stereocenters. The van der Waals surface area contributed by atoms with Crippen LogP contribution in [0.1, 0.15) is 56.6 Å². The first-order chi connectivity index (χ1) is 20.3. The van der Waals surface area contributed by atoms with Gasteiger partial charge in [0.25, 0.3) is 0 Å². The average molecular weight is 589 g/mol. The summed E-state index contributed by atoms with van der Waals surface area (Å²) in [4.78, 5) is 31.3. The molecule has 5 heterocycles. The van der Waals surface area contributed by atoms with E-state index in [1.165, 1.54) is 41.1 Å². The van der Waals surface area contributed by atoms with Crippen molar-refractivity contribution in [3.63, 3.8) is 0 Å². The number of fused-ring (bicyclic) bond motifs is 4. The van der Waals surface area contributed by atoms with Crippen LogP contribution in [-0.4, -0.2) is 40.9 Å². The van der Waals surface area contributed by atoms with Gasteiger partial charge in [0.05, 0.1) is 29.5 Å². The highest BCUT2D eigenvalue weighted by molar-refractivity contribution is 6.31. The molecule has 0 saturated carbocycles. The Bertz CT molecular complexity index is 1820. The Morgan fingerprint density at radius 3 is 2.79 bits per heavy atom. The SMILES string of the molecule is CC(F)n1ncc2c1-c1ccnc(c1)C(c1coc(-c3cc(Cl)ccc3-n3cnnn3)cc1=O)CCC[C@@H](C)C(=O)N2. The zero-order valence-electron chi connectivity index (χ0n) is 22.7. The lowest BCUT2D eigenvalue weighted by molar-refractivity contribution is -0.119. The van der Waals surface area contributed by atoms with E-state index < -0.39 is 12.2 Å². The zero-order chi connectivity index (χ0) is 29.4. The second-order valence-electron chi connectivity index (χ2n) is 10.2. The Kier molecular flexibility index (Phi) is 7.38. The molecule has 1 aliphatic rings. The average Bonchev–Trinajstić information content (AvgIpc) is 3.66. The number of pyridine rings is 1. The highest BCUT2D eigenvalue weighted by Gasteiger charge is 2.26. The number of carbonyl (C=O) groups is 1. The monoisotopic (exact) mass is 588 g/mol. The van der Waals surface area contributed by atoms with Gasteiger partial charge in [0, 0.05) is 51.5 Å². The van der Waals surface area contributed by atoms with Crippen molar-refractivity contribution in [1.29, 1.82) is 0 Å². The molecule has 1 amide bonds. The summed E-state index contributed by atoms with van der Waals surface area (Å²) >= 11 is 6.28. The minimum absolute atomic E-state index is 0.183. The molecule has 0 fully saturated rings. The van der Waals surface area contributed by atoms with Crippen LogP contribution in [0.3, 0.4) is 0 Å². The third kappa shape index (κ3) is 5.20. The predicted molar refractivity (Wildman–Crippen MR) is 153 cm³/mol. The first-order valence-corrected chi connectivity index (χ1v) is 13.8. The van der Waals surface area contributed by atoms with Crippen LogP contribution in [-0.2, 0) is 4.79 Å². The van der Waals surface area contributed by atoms with E-state index in [0.717, 1.165) is 0 Å². The number of carbonyl (C=O) groups excluding carboxylic acids is 1. The van der Waals surface area contributed by atoms with Gasteiger partial charge in [0.1, 0.15) is 12.1 Å². The number of hydrogen-bond donors (Lipinski definition) is 1. The predicted octanol–water partition coefficient (Wildman–Crippen LogP) is 5.57. The van der Waals surface area contributed by atoms with Crippen molar-refractivity contribution < 1.29 is 13.6 Å². The van der Waals surface area contributed by atoms with Crippen LogP contribution in [0.25, 0.3) is 28.3 Å². The number of nitrogens with one attached hydrogen (secondary N) is 1. The molecule has 6 rings (SSSR count). The van der Waals surface area contributed by atoms with Gasteiger partial charge in [-0.3, -0.25) is 14.6 Å². The van der Waals surface area contributed by atoms with Crippen LogP contribution in [0.15, 0.2) is 70.6 Å². The largest absolute Gasteiger partial charge is 0.464 e. The van der Waals surface area contributed by atoms with E-state index in [1.54, 1.807) is 36.5 Å². The highest BCUT2D eigenvalue weighted by atomic mass is 35.5. The summed E-state index contributed by atoms with van der Waals surface area (Å²) < 4.78 is 23.3. The number of nitrogens with zero attached hydrogens (tertiary/aromatic N) is 7. The minimum atomic E-state index is -1.44. The van der Waals surface area contributed by atoms with Gasteiger partial charge in [-0.05, 0) is 60.5 Å². The van der Waals surface area contributed by atoms with E-state index in [1.807, 2.05) is 6.92 Å². The first-order valence-electron chi connectivity index (χ1n) is 13.4. The van der Waals surface area contributed by atoms with Gasteiger partial charge in [-0.1, -0.05) is 24.9 Å². The van der Waals surface area contributed by atoms with E-state index in [2.05, 4.69) is 30.9 Å². The Labute approximate surface area is 244 Å². The van der Waals surface area contributed by atoms with Crippen molar-refractivity contribution in [2.75, 3.05) is 5.32 Å². The molecule has 2 bridgehead atoms. The van der Waals surface area contributed by atoms with Gasteiger partial charge in [-0.2, -0.15) is 9.78 Å². The van der Waals surface area contributed by atoms with E-state index in [4.69, 9.17) is 16.0 Å². The lowest BCUT2D eigenvalue weighted by Gasteiger charge is -2.20. The molecule has 2 unspecified atom stereocenters. The molecule has 1 N–H and O–H groups in total. The smallest absolute Gasteiger partial charge is 0.227 e.